The van der Waals surface area contributed by atoms with Gasteiger partial charge in [0.1, 0.15) is 0 Å². The minimum atomic E-state index is 0.201. The summed E-state index contributed by atoms with van der Waals surface area (Å²) in [4.78, 5) is 6.62. The Labute approximate surface area is 106 Å². The van der Waals surface area contributed by atoms with Crippen LogP contribution in [0.25, 0.3) is 10.9 Å². The van der Waals surface area contributed by atoms with E-state index in [4.69, 9.17) is 5.73 Å². The number of rotatable bonds is 2. The van der Waals surface area contributed by atoms with E-state index in [2.05, 4.69) is 9.88 Å². The van der Waals surface area contributed by atoms with Crippen LogP contribution < -0.4 is 10.6 Å². The van der Waals surface area contributed by atoms with Gasteiger partial charge in [0.05, 0.1) is 23.9 Å². The van der Waals surface area contributed by atoms with Gasteiger partial charge in [0.15, 0.2) is 0 Å². The van der Waals surface area contributed by atoms with Crippen LogP contribution in [0.2, 0.25) is 0 Å². The number of nitrogens with two attached hydrogens (primary N) is 1. The molecule has 1 fully saturated rings. The van der Waals surface area contributed by atoms with Crippen LogP contribution >= 0.6 is 0 Å². The van der Waals surface area contributed by atoms with Gasteiger partial charge in [0, 0.05) is 23.8 Å². The fraction of sp³-hybridized carbons (Fsp3) is 0.357. The molecule has 18 heavy (non-hydrogen) atoms. The van der Waals surface area contributed by atoms with E-state index in [1.807, 2.05) is 24.3 Å². The Morgan fingerprint density at radius 1 is 1.39 bits per heavy atom. The van der Waals surface area contributed by atoms with Gasteiger partial charge in [-0.15, -0.1) is 0 Å². The summed E-state index contributed by atoms with van der Waals surface area (Å²) in [5, 5.41) is 10.5. The zero-order valence-electron chi connectivity index (χ0n) is 10.2. The number of aliphatic hydroxyl groups is 1. The largest absolute Gasteiger partial charge is 0.397 e. The van der Waals surface area contributed by atoms with Crippen molar-refractivity contribution in [1.82, 2.24) is 4.98 Å². The van der Waals surface area contributed by atoms with Gasteiger partial charge in [-0.25, -0.2) is 0 Å². The molecule has 1 aliphatic heterocycles. The molecule has 3 N–H and O–H groups in total. The van der Waals surface area contributed by atoms with Gasteiger partial charge in [-0.2, -0.15) is 0 Å². The van der Waals surface area contributed by atoms with E-state index in [0.717, 1.165) is 36.0 Å². The number of hydrogen-bond donors (Lipinski definition) is 2. The van der Waals surface area contributed by atoms with Crippen molar-refractivity contribution in [2.45, 2.75) is 18.9 Å². The minimum Gasteiger partial charge on any atom is -0.397 e. The number of benzene rings is 1. The molecular weight excluding hydrogens is 226 g/mol. The average molecular weight is 243 g/mol. The third-order valence-electron chi connectivity index (χ3n) is 3.68. The van der Waals surface area contributed by atoms with Crippen molar-refractivity contribution in [1.29, 1.82) is 0 Å². The number of nitrogen functional groups attached to an aromatic ring is 1. The van der Waals surface area contributed by atoms with Crippen LogP contribution in [0, 0.1) is 0 Å². The molecule has 94 valence electrons. The van der Waals surface area contributed by atoms with Crippen LogP contribution in [0.15, 0.2) is 30.5 Å². The monoisotopic (exact) mass is 243 g/mol. The number of anilines is 2. The lowest BCUT2D eigenvalue weighted by Gasteiger charge is -2.26. The SMILES string of the molecule is Nc1ccc(N2CCCC2CO)c2cccnc12. The molecule has 2 aromatic rings. The van der Waals surface area contributed by atoms with Crippen LogP contribution in [-0.2, 0) is 0 Å². The topological polar surface area (TPSA) is 62.4 Å². The summed E-state index contributed by atoms with van der Waals surface area (Å²) >= 11 is 0. The summed E-state index contributed by atoms with van der Waals surface area (Å²) in [6.07, 6.45) is 3.93. The predicted molar refractivity (Wildman–Crippen MR) is 73.6 cm³/mol. The Kier molecular flexibility index (Phi) is 2.80. The van der Waals surface area contributed by atoms with E-state index >= 15 is 0 Å². The summed E-state index contributed by atoms with van der Waals surface area (Å²) < 4.78 is 0. The number of aliphatic hydroxyl groups excluding tert-OH is 1. The molecule has 4 nitrogen and oxygen atoms in total. The normalized spacial score (nSPS) is 19.6. The van der Waals surface area contributed by atoms with E-state index in [0.29, 0.717) is 5.69 Å². The lowest BCUT2D eigenvalue weighted by molar-refractivity contribution is 0.266. The third-order valence-corrected chi connectivity index (χ3v) is 3.68. The number of pyridine rings is 1. The van der Waals surface area contributed by atoms with Gasteiger partial charge in [-0.05, 0) is 37.1 Å². The van der Waals surface area contributed by atoms with Crippen LogP contribution in [0.3, 0.4) is 0 Å². The van der Waals surface area contributed by atoms with Crippen molar-refractivity contribution in [3.8, 4) is 0 Å². The summed E-state index contributed by atoms with van der Waals surface area (Å²) in [6, 6.07) is 8.12. The first kappa shape index (κ1) is 11.3. The molecule has 1 atom stereocenters. The van der Waals surface area contributed by atoms with Gasteiger partial charge in [0.2, 0.25) is 0 Å². The lowest BCUT2D eigenvalue weighted by atomic mass is 10.1. The average Bonchev–Trinajstić information content (AvgIpc) is 2.88. The quantitative estimate of drug-likeness (QED) is 0.789. The molecule has 1 saturated heterocycles. The second-order valence-electron chi connectivity index (χ2n) is 4.75. The number of aromatic nitrogens is 1. The summed E-state index contributed by atoms with van der Waals surface area (Å²) in [7, 11) is 0. The highest BCUT2D eigenvalue weighted by molar-refractivity contribution is 5.98. The van der Waals surface area contributed by atoms with Gasteiger partial charge in [0.25, 0.3) is 0 Å². The van der Waals surface area contributed by atoms with Gasteiger partial charge in [-0.3, -0.25) is 4.98 Å². The summed E-state index contributed by atoms with van der Waals surface area (Å²) in [5.41, 5.74) is 8.64. The molecule has 1 aromatic carbocycles. The van der Waals surface area contributed by atoms with E-state index in [1.54, 1.807) is 6.20 Å². The highest BCUT2D eigenvalue weighted by Gasteiger charge is 2.25. The second-order valence-corrected chi connectivity index (χ2v) is 4.75. The van der Waals surface area contributed by atoms with Crippen molar-refractivity contribution in [3.05, 3.63) is 30.5 Å². The smallest absolute Gasteiger partial charge is 0.0951 e. The fourth-order valence-corrected chi connectivity index (χ4v) is 2.77. The highest BCUT2D eigenvalue weighted by atomic mass is 16.3. The Morgan fingerprint density at radius 3 is 3.11 bits per heavy atom. The zero-order valence-corrected chi connectivity index (χ0v) is 10.2. The van der Waals surface area contributed by atoms with Crippen LogP contribution in [-0.4, -0.2) is 29.3 Å². The number of nitrogens with zero attached hydrogens (tertiary/aromatic N) is 2. The Balaban J connectivity index is 2.15. The van der Waals surface area contributed by atoms with Crippen molar-refractivity contribution < 1.29 is 5.11 Å². The zero-order chi connectivity index (χ0) is 12.5. The molecule has 3 rings (SSSR count). The minimum absolute atomic E-state index is 0.201. The maximum atomic E-state index is 9.44. The molecule has 4 heteroatoms. The standard InChI is InChI=1S/C14H17N3O/c15-12-5-6-13(11-4-1-7-16-14(11)12)17-8-2-3-10(17)9-18/h1,4-7,10,18H,2-3,8-9,15H2. The highest BCUT2D eigenvalue weighted by Crippen LogP contribution is 2.33. The first-order chi connectivity index (χ1) is 8.81. The molecule has 1 aliphatic rings. The Morgan fingerprint density at radius 2 is 2.28 bits per heavy atom. The van der Waals surface area contributed by atoms with Crippen molar-refractivity contribution in [3.63, 3.8) is 0 Å². The first-order valence-corrected chi connectivity index (χ1v) is 6.32. The Bertz CT molecular complexity index is 570. The van der Waals surface area contributed by atoms with E-state index < -0.39 is 0 Å². The molecule has 0 spiro atoms. The Hall–Kier alpha value is -1.81. The fourth-order valence-electron chi connectivity index (χ4n) is 2.77. The van der Waals surface area contributed by atoms with E-state index in [-0.39, 0.29) is 12.6 Å². The molecule has 0 saturated carbocycles. The third kappa shape index (κ3) is 1.69. The van der Waals surface area contributed by atoms with Crippen LogP contribution in [0.5, 0.6) is 0 Å². The molecule has 0 aliphatic carbocycles. The lowest BCUT2D eigenvalue weighted by Crippen LogP contribution is -2.32. The molecule has 1 unspecified atom stereocenters. The van der Waals surface area contributed by atoms with Crippen molar-refractivity contribution in [2.24, 2.45) is 0 Å². The molecule has 2 heterocycles. The van der Waals surface area contributed by atoms with Crippen molar-refractivity contribution in [2.75, 3.05) is 23.8 Å². The summed E-state index contributed by atoms with van der Waals surface area (Å²) in [6.45, 7) is 1.19. The maximum absolute atomic E-state index is 9.44. The number of fused-ring (bicyclic) bond motifs is 1. The van der Waals surface area contributed by atoms with Gasteiger partial charge >= 0.3 is 0 Å². The second kappa shape index (κ2) is 4.46. The number of hydrogen-bond acceptors (Lipinski definition) is 4. The molecule has 0 amide bonds. The molecule has 0 radical (unpaired) electrons. The molecular formula is C14H17N3O. The predicted octanol–water partition coefficient (Wildman–Crippen LogP) is 1.78. The van der Waals surface area contributed by atoms with E-state index in [1.165, 1.54) is 0 Å². The van der Waals surface area contributed by atoms with E-state index in [9.17, 15) is 5.11 Å². The molecule has 1 aromatic heterocycles. The first-order valence-electron chi connectivity index (χ1n) is 6.32. The van der Waals surface area contributed by atoms with Gasteiger partial charge < -0.3 is 15.7 Å². The van der Waals surface area contributed by atoms with Crippen molar-refractivity contribution >= 4 is 22.3 Å². The van der Waals surface area contributed by atoms with Crippen LogP contribution in [0.1, 0.15) is 12.8 Å². The maximum Gasteiger partial charge on any atom is 0.0951 e. The summed E-state index contributed by atoms with van der Waals surface area (Å²) in [5.74, 6) is 0. The van der Waals surface area contributed by atoms with Crippen LogP contribution in [0.4, 0.5) is 11.4 Å². The van der Waals surface area contributed by atoms with Gasteiger partial charge in [-0.1, -0.05) is 0 Å². The molecule has 0 bridgehead atoms.